The second-order valence-electron chi connectivity index (χ2n) is 6.85. The normalized spacial score (nSPS) is 13.9. The zero-order valence-electron chi connectivity index (χ0n) is 17.2. The standard InChI is InChI=1S/C22H25Cl2NO6/c1-3-31-22(29)21(28)20(27)18(25-19(26)12-30-2)8-13-4-6-14(7-5-13)15-9-16(23)11-17(24)10-15/h4-7,9-11,18,20-21,27-28H,3,8,12H2,1-2H3,(H,25,26). The molecule has 0 radical (unpaired) electrons. The number of nitrogens with one attached hydrogen (secondary N) is 1. The van der Waals surface area contributed by atoms with E-state index in [0.29, 0.717) is 10.0 Å². The molecular weight excluding hydrogens is 445 g/mol. The highest BCUT2D eigenvalue weighted by Gasteiger charge is 2.33. The lowest BCUT2D eigenvalue weighted by atomic mass is 9.96. The van der Waals surface area contributed by atoms with E-state index < -0.39 is 30.1 Å². The maximum absolute atomic E-state index is 12.0. The summed E-state index contributed by atoms with van der Waals surface area (Å²) in [6.45, 7) is 1.41. The second kappa shape index (κ2) is 12.0. The first-order chi connectivity index (χ1) is 14.7. The quantitative estimate of drug-likeness (QED) is 0.462. The molecule has 0 spiro atoms. The summed E-state index contributed by atoms with van der Waals surface area (Å²) in [6.07, 6.45) is -3.23. The number of benzene rings is 2. The van der Waals surface area contributed by atoms with Crippen molar-refractivity contribution >= 4 is 35.1 Å². The van der Waals surface area contributed by atoms with Crippen LogP contribution in [-0.2, 0) is 25.5 Å². The van der Waals surface area contributed by atoms with Crippen LogP contribution in [0.1, 0.15) is 12.5 Å². The zero-order chi connectivity index (χ0) is 23.0. The van der Waals surface area contributed by atoms with E-state index in [0.717, 1.165) is 16.7 Å². The third kappa shape index (κ3) is 7.48. The number of rotatable bonds is 10. The topological polar surface area (TPSA) is 105 Å². The first-order valence-electron chi connectivity index (χ1n) is 9.61. The van der Waals surface area contributed by atoms with Crippen molar-refractivity contribution in [1.29, 1.82) is 0 Å². The summed E-state index contributed by atoms with van der Waals surface area (Å²) < 4.78 is 9.55. The van der Waals surface area contributed by atoms with Crippen LogP contribution in [0.25, 0.3) is 11.1 Å². The van der Waals surface area contributed by atoms with Crippen molar-refractivity contribution < 1.29 is 29.3 Å². The summed E-state index contributed by atoms with van der Waals surface area (Å²) in [4.78, 5) is 23.8. The lowest BCUT2D eigenvalue weighted by molar-refractivity contribution is -0.161. The van der Waals surface area contributed by atoms with Gasteiger partial charge in [0.1, 0.15) is 12.7 Å². The van der Waals surface area contributed by atoms with E-state index in [4.69, 9.17) is 32.7 Å². The Balaban J connectivity index is 2.20. The van der Waals surface area contributed by atoms with Gasteiger partial charge in [-0.1, -0.05) is 47.5 Å². The molecule has 3 N–H and O–H groups in total. The van der Waals surface area contributed by atoms with E-state index in [1.54, 1.807) is 25.1 Å². The van der Waals surface area contributed by atoms with Crippen LogP contribution in [0.5, 0.6) is 0 Å². The van der Waals surface area contributed by atoms with Crippen molar-refractivity contribution in [3.63, 3.8) is 0 Å². The van der Waals surface area contributed by atoms with Gasteiger partial charge in [0.25, 0.3) is 0 Å². The SMILES string of the molecule is CCOC(=O)C(O)C(O)C(Cc1ccc(-c2cc(Cl)cc(Cl)c2)cc1)NC(=O)COC. The van der Waals surface area contributed by atoms with Crippen LogP contribution in [0, 0.1) is 0 Å². The lowest BCUT2D eigenvalue weighted by Crippen LogP contribution is -2.53. The van der Waals surface area contributed by atoms with Crippen molar-refractivity contribution in [3.05, 3.63) is 58.1 Å². The van der Waals surface area contributed by atoms with E-state index in [1.165, 1.54) is 7.11 Å². The van der Waals surface area contributed by atoms with Gasteiger partial charge >= 0.3 is 5.97 Å². The Kier molecular flexibility index (Phi) is 9.74. The Morgan fingerprint density at radius 3 is 2.19 bits per heavy atom. The predicted molar refractivity (Wildman–Crippen MR) is 118 cm³/mol. The van der Waals surface area contributed by atoms with Crippen molar-refractivity contribution in [2.75, 3.05) is 20.3 Å². The Morgan fingerprint density at radius 1 is 1.03 bits per heavy atom. The highest BCUT2D eigenvalue weighted by molar-refractivity contribution is 6.35. The minimum atomic E-state index is -1.80. The number of carbonyl (C=O) groups excluding carboxylic acids is 2. The van der Waals surface area contributed by atoms with Gasteiger partial charge in [-0.15, -0.1) is 0 Å². The average Bonchev–Trinajstić information content (AvgIpc) is 2.72. The molecule has 2 aromatic carbocycles. The van der Waals surface area contributed by atoms with Gasteiger partial charge in [0, 0.05) is 17.2 Å². The number of aliphatic hydroxyl groups excluding tert-OH is 2. The minimum absolute atomic E-state index is 0.0539. The number of carbonyl (C=O) groups is 2. The molecule has 0 aromatic heterocycles. The number of ether oxygens (including phenoxy) is 2. The van der Waals surface area contributed by atoms with Crippen LogP contribution in [-0.4, -0.2) is 60.7 Å². The minimum Gasteiger partial charge on any atom is -0.464 e. The van der Waals surface area contributed by atoms with E-state index in [9.17, 15) is 19.8 Å². The lowest BCUT2D eigenvalue weighted by Gasteiger charge is -2.27. The van der Waals surface area contributed by atoms with Crippen molar-refractivity contribution in [2.45, 2.75) is 31.6 Å². The van der Waals surface area contributed by atoms with E-state index in [2.05, 4.69) is 5.32 Å². The molecule has 9 heteroatoms. The highest BCUT2D eigenvalue weighted by atomic mass is 35.5. The van der Waals surface area contributed by atoms with Gasteiger partial charge in [0.2, 0.25) is 5.91 Å². The Hall–Kier alpha value is -2.16. The summed E-state index contributed by atoms with van der Waals surface area (Å²) in [6, 6.07) is 11.6. The summed E-state index contributed by atoms with van der Waals surface area (Å²) in [7, 11) is 1.36. The fourth-order valence-corrected chi connectivity index (χ4v) is 3.56. The summed E-state index contributed by atoms with van der Waals surface area (Å²) in [5.74, 6) is -1.46. The molecule has 2 aromatic rings. The molecule has 0 saturated carbocycles. The first-order valence-corrected chi connectivity index (χ1v) is 10.4. The number of methoxy groups -OCH3 is 1. The van der Waals surface area contributed by atoms with Crippen molar-refractivity contribution in [2.24, 2.45) is 0 Å². The van der Waals surface area contributed by atoms with Crippen LogP contribution < -0.4 is 5.32 Å². The number of amides is 1. The smallest absolute Gasteiger partial charge is 0.337 e. The first kappa shape index (κ1) is 25.1. The second-order valence-corrected chi connectivity index (χ2v) is 7.73. The van der Waals surface area contributed by atoms with Crippen molar-refractivity contribution in [1.82, 2.24) is 5.32 Å². The highest BCUT2D eigenvalue weighted by Crippen LogP contribution is 2.27. The van der Waals surface area contributed by atoms with Gasteiger partial charge in [-0.05, 0) is 48.2 Å². The molecule has 3 atom stereocenters. The van der Waals surface area contributed by atoms with Crippen LogP contribution in [0.3, 0.4) is 0 Å². The summed E-state index contributed by atoms with van der Waals surface area (Å²) >= 11 is 12.1. The average molecular weight is 470 g/mol. The van der Waals surface area contributed by atoms with Gasteiger partial charge < -0.3 is 25.0 Å². The number of hydrogen-bond donors (Lipinski definition) is 3. The van der Waals surface area contributed by atoms with Crippen LogP contribution >= 0.6 is 23.2 Å². The van der Waals surface area contributed by atoms with Crippen molar-refractivity contribution in [3.8, 4) is 11.1 Å². The molecule has 168 valence electrons. The predicted octanol–water partition coefficient (Wildman–Crippen LogP) is 2.62. The van der Waals surface area contributed by atoms with Gasteiger partial charge in [-0.25, -0.2) is 4.79 Å². The fraction of sp³-hybridized carbons (Fsp3) is 0.364. The molecule has 0 heterocycles. The van der Waals surface area contributed by atoms with Gasteiger partial charge in [0.15, 0.2) is 6.10 Å². The number of halogens is 2. The molecule has 1 amide bonds. The Morgan fingerprint density at radius 2 is 1.65 bits per heavy atom. The number of hydrogen-bond acceptors (Lipinski definition) is 6. The van der Waals surface area contributed by atoms with E-state index in [-0.39, 0.29) is 19.6 Å². The summed E-state index contributed by atoms with van der Waals surface area (Å²) in [5, 5.41) is 24.3. The van der Waals surface area contributed by atoms with Crippen LogP contribution in [0.4, 0.5) is 0 Å². The third-order valence-electron chi connectivity index (χ3n) is 4.49. The molecule has 3 unspecified atom stereocenters. The van der Waals surface area contributed by atoms with Gasteiger partial charge in [-0.3, -0.25) is 4.79 Å². The maximum Gasteiger partial charge on any atom is 0.337 e. The monoisotopic (exact) mass is 469 g/mol. The molecule has 7 nitrogen and oxygen atoms in total. The molecule has 0 bridgehead atoms. The number of esters is 1. The van der Waals surface area contributed by atoms with E-state index in [1.807, 2.05) is 24.3 Å². The largest absolute Gasteiger partial charge is 0.464 e. The molecule has 0 aliphatic carbocycles. The number of aliphatic hydroxyl groups is 2. The van der Waals surface area contributed by atoms with Gasteiger partial charge in [-0.2, -0.15) is 0 Å². The summed E-state index contributed by atoms with van der Waals surface area (Å²) in [5.41, 5.74) is 2.47. The Bertz CT molecular complexity index is 870. The van der Waals surface area contributed by atoms with Crippen LogP contribution in [0.15, 0.2) is 42.5 Å². The molecule has 0 aliphatic rings. The zero-order valence-corrected chi connectivity index (χ0v) is 18.7. The Labute approximate surface area is 190 Å². The molecular formula is C22H25Cl2NO6. The molecule has 2 rings (SSSR count). The molecule has 0 saturated heterocycles. The maximum atomic E-state index is 12.0. The molecule has 31 heavy (non-hydrogen) atoms. The van der Waals surface area contributed by atoms with Crippen LogP contribution in [0.2, 0.25) is 10.0 Å². The molecule has 0 fully saturated rings. The molecule has 0 aliphatic heterocycles. The van der Waals surface area contributed by atoms with Gasteiger partial charge in [0.05, 0.1) is 12.6 Å². The van der Waals surface area contributed by atoms with E-state index >= 15 is 0 Å². The fourth-order valence-electron chi connectivity index (χ4n) is 3.03. The third-order valence-corrected chi connectivity index (χ3v) is 4.93.